The monoisotopic (exact) mass is 283 g/mol. The van der Waals surface area contributed by atoms with Crippen LogP contribution in [0.15, 0.2) is 30.7 Å². The molecule has 0 saturated carbocycles. The topological polar surface area (TPSA) is 39.1 Å². The molecular weight excluding hydrogens is 262 g/mol. The van der Waals surface area contributed by atoms with Gasteiger partial charge in [0.15, 0.2) is 0 Å². The highest BCUT2D eigenvalue weighted by Gasteiger charge is 2.26. The fraction of sp³-hybridized carbons (Fsp3) is 0.471. The molecule has 3 heterocycles. The van der Waals surface area contributed by atoms with Gasteiger partial charge in [0.25, 0.3) is 0 Å². The number of nitrogens with one attached hydrogen (secondary N) is 1. The first-order valence-corrected chi connectivity index (χ1v) is 7.81. The second-order valence-corrected chi connectivity index (χ2v) is 6.07. The van der Waals surface area contributed by atoms with Gasteiger partial charge in [0, 0.05) is 36.9 Å². The fourth-order valence-corrected chi connectivity index (χ4v) is 3.51. The van der Waals surface area contributed by atoms with Gasteiger partial charge < -0.3 is 14.6 Å². The number of benzene rings is 1. The van der Waals surface area contributed by atoms with Gasteiger partial charge in [-0.3, -0.25) is 0 Å². The summed E-state index contributed by atoms with van der Waals surface area (Å²) in [6.45, 7) is 5.09. The van der Waals surface area contributed by atoms with Crippen molar-refractivity contribution < 1.29 is 4.74 Å². The van der Waals surface area contributed by atoms with E-state index in [9.17, 15) is 0 Å². The van der Waals surface area contributed by atoms with Crippen LogP contribution in [-0.2, 0) is 17.7 Å². The van der Waals surface area contributed by atoms with Gasteiger partial charge in [0.2, 0.25) is 0 Å². The summed E-state index contributed by atoms with van der Waals surface area (Å²) >= 11 is 0. The molecule has 1 aromatic carbocycles. The number of anilines is 1. The molecule has 2 aliphatic rings. The van der Waals surface area contributed by atoms with Crippen molar-refractivity contribution in [1.29, 1.82) is 0 Å². The van der Waals surface area contributed by atoms with Crippen molar-refractivity contribution in [3.8, 4) is 11.3 Å². The number of hydrogen-bond acceptors (Lipinski definition) is 3. The van der Waals surface area contributed by atoms with E-state index in [0.29, 0.717) is 12.0 Å². The molecule has 0 radical (unpaired) electrons. The minimum absolute atomic E-state index is 0.347. The van der Waals surface area contributed by atoms with Crippen molar-refractivity contribution in [2.75, 3.05) is 18.5 Å². The van der Waals surface area contributed by atoms with Crippen LogP contribution in [0.1, 0.15) is 18.9 Å². The predicted octanol–water partition coefficient (Wildman–Crippen LogP) is 2.94. The molecule has 21 heavy (non-hydrogen) atoms. The molecule has 0 bridgehead atoms. The molecular formula is C17H21N3O. The zero-order valence-corrected chi connectivity index (χ0v) is 12.4. The van der Waals surface area contributed by atoms with Gasteiger partial charge in [0.1, 0.15) is 0 Å². The highest BCUT2D eigenvalue weighted by molar-refractivity contribution is 5.79. The fourth-order valence-electron chi connectivity index (χ4n) is 3.51. The Balaban J connectivity index is 1.68. The van der Waals surface area contributed by atoms with Gasteiger partial charge in [-0.1, -0.05) is 18.2 Å². The van der Waals surface area contributed by atoms with Gasteiger partial charge in [-0.05, 0) is 25.3 Å². The van der Waals surface area contributed by atoms with Crippen molar-refractivity contribution in [3.05, 3.63) is 36.3 Å². The molecule has 2 atom stereocenters. The van der Waals surface area contributed by atoms with Gasteiger partial charge in [-0.2, -0.15) is 0 Å². The van der Waals surface area contributed by atoms with E-state index in [1.807, 2.05) is 12.5 Å². The molecule has 0 amide bonds. The van der Waals surface area contributed by atoms with Crippen LogP contribution in [0.25, 0.3) is 11.3 Å². The Bertz CT molecular complexity index is 649. The van der Waals surface area contributed by atoms with Crippen molar-refractivity contribution >= 4 is 5.69 Å². The molecule has 1 aromatic heterocycles. The van der Waals surface area contributed by atoms with Crippen LogP contribution in [-0.4, -0.2) is 28.8 Å². The normalized spacial score (nSPS) is 24.0. The van der Waals surface area contributed by atoms with Crippen molar-refractivity contribution in [1.82, 2.24) is 9.55 Å². The maximum absolute atomic E-state index is 5.69. The summed E-state index contributed by atoms with van der Waals surface area (Å²) in [4.78, 5) is 4.39. The summed E-state index contributed by atoms with van der Waals surface area (Å²) in [5, 5.41) is 3.52. The van der Waals surface area contributed by atoms with Crippen molar-refractivity contribution in [2.24, 2.45) is 5.92 Å². The molecule has 2 aromatic rings. The summed E-state index contributed by atoms with van der Waals surface area (Å²) in [6.07, 6.45) is 6.54. The average Bonchev–Trinajstić information content (AvgIpc) is 3.21. The molecule has 1 fully saturated rings. The van der Waals surface area contributed by atoms with E-state index in [1.165, 1.54) is 22.5 Å². The average molecular weight is 283 g/mol. The molecule has 4 rings (SSSR count). The Morgan fingerprint density at radius 1 is 1.43 bits per heavy atom. The first-order chi connectivity index (χ1) is 10.3. The molecule has 2 aliphatic heterocycles. The standard InChI is InChI=1S/C17H21N3O/c1-12-14(6-8-21-12)10-20-11-18-9-16(20)15-4-2-3-13-5-7-19-17(13)15/h2-4,9,11-12,14,19H,5-8,10H2,1H3. The first-order valence-electron chi connectivity index (χ1n) is 7.81. The van der Waals surface area contributed by atoms with Gasteiger partial charge in [0.05, 0.1) is 24.3 Å². The van der Waals surface area contributed by atoms with Gasteiger partial charge >= 0.3 is 0 Å². The zero-order valence-electron chi connectivity index (χ0n) is 12.4. The summed E-state index contributed by atoms with van der Waals surface area (Å²) in [6, 6.07) is 6.56. The molecule has 2 unspecified atom stereocenters. The minimum atomic E-state index is 0.347. The highest BCUT2D eigenvalue weighted by Crippen LogP contribution is 2.35. The third-order valence-electron chi connectivity index (χ3n) is 4.80. The largest absolute Gasteiger partial charge is 0.384 e. The molecule has 0 spiro atoms. The van der Waals surface area contributed by atoms with Crippen LogP contribution in [0.2, 0.25) is 0 Å². The van der Waals surface area contributed by atoms with Gasteiger partial charge in [-0.15, -0.1) is 0 Å². The van der Waals surface area contributed by atoms with Gasteiger partial charge in [-0.25, -0.2) is 4.98 Å². The van der Waals surface area contributed by atoms with Crippen LogP contribution in [0.4, 0.5) is 5.69 Å². The number of aromatic nitrogens is 2. The van der Waals surface area contributed by atoms with Crippen LogP contribution in [0, 0.1) is 5.92 Å². The van der Waals surface area contributed by atoms with Crippen LogP contribution in [0.3, 0.4) is 0 Å². The van der Waals surface area contributed by atoms with Crippen LogP contribution in [0.5, 0.6) is 0 Å². The minimum Gasteiger partial charge on any atom is -0.384 e. The number of hydrogen-bond donors (Lipinski definition) is 1. The number of imidazole rings is 1. The number of nitrogens with zero attached hydrogens (tertiary/aromatic N) is 2. The molecule has 0 aliphatic carbocycles. The molecule has 1 N–H and O–H groups in total. The SMILES string of the molecule is CC1OCCC1Cn1cncc1-c1cccc2c1NCC2. The lowest BCUT2D eigenvalue weighted by atomic mass is 10.0. The quantitative estimate of drug-likeness (QED) is 0.941. The summed E-state index contributed by atoms with van der Waals surface area (Å²) in [5.41, 5.74) is 5.18. The van der Waals surface area contributed by atoms with Crippen molar-refractivity contribution in [3.63, 3.8) is 0 Å². The van der Waals surface area contributed by atoms with Crippen LogP contribution < -0.4 is 5.32 Å². The van der Waals surface area contributed by atoms with E-state index in [2.05, 4.69) is 40.0 Å². The summed E-state index contributed by atoms with van der Waals surface area (Å²) in [7, 11) is 0. The Morgan fingerprint density at radius 2 is 2.38 bits per heavy atom. The maximum atomic E-state index is 5.69. The Kier molecular flexibility index (Phi) is 3.19. The van der Waals surface area contributed by atoms with E-state index >= 15 is 0 Å². The first kappa shape index (κ1) is 12.9. The highest BCUT2D eigenvalue weighted by atomic mass is 16.5. The Morgan fingerprint density at radius 3 is 3.24 bits per heavy atom. The smallest absolute Gasteiger partial charge is 0.0951 e. The predicted molar refractivity (Wildman–Crippen MR) is 83.4 cm³/mol. The van der Waals surface area contributed by atoms with Crippen LogP contribution >= 0.6 is 0 Å². The molecule has 4 heteroatoms. The van der Waals surface area contributed by atoms with E-state index in [1.54, 1.807) is 0 Å². The second kappa shape index (κ2) is 5.19. The zero-order chi connectivity index (χ0) is 14.2. The van der Waals surface area contributed by atoms with E-state index < -0.39 is 0 Å². The van der Waals surface area contributed by atoms with E-state index in [-0.39, 0.29) is 0 Å². The lowest BCUT2D eigenvalue weighted by molar-refractivity contribution is 0.102. The summed E-state index contributed by atoms with van der Waals surface area (Å²) in [5.74, 6) is 0.586. The number of para-hydroxylation sites is 1. The lowest BCUT2D eigenvalue weighted by Gasteiger charge is -2.17. The Labute approximate surface area is 125 Å². The lowest BCUT2D eigenvalue weighted by Crippen LogP contribution is -2.18. The molecule has 110 valence electrons. The Hall–Kier alpha value is -1.81. The number of fused-ring (bicyclic) bond motifs is 1. The third-order valence-corrected chi connectivity index (χ3v) is 4.80. The molecule has 4 nitrogen and oxygen atoms in total. The summed E-state index contributed by atoms with van der Waals surface area (Å²) < 4.78 is 7.97. The second-order valence-electron chi connectivity index (χ2n) is 6.07. The maximum Gasteiger partial charge on any atom is 0.0951 e. The third kappa shape index (κ3) is 2.23. The molecule has 1 saturated heterocycles. The van der Waals surface area contributed by atoms with E-state index in [0.717, 1.165) is 32.5 Å². The van der Waals surface area contributed by atoms with E-state index in [4.69, 9.17) is 4.74 Å². The number of ether oxygens (including phenoxy) is 1. The van der Waals surface area contributed by atoms with Crippen molar-refractivity contribution in [2.45, 2.75) is 32.4 Å². The number of rotatable bonds is 3.